The number of aliphatic hydroxyl groups is 1. The highest BCUT2D eigenvalue weighted by Gasteiger charge is 2.32. The summed E-state index contributed by atoms with van der Waals surface area (Å²) in [6, 6.07) is 16.2. The number of rotatable bonds is 8. The van der Waals surface area contributed by atoms with Gasteiger partial charge in [-0.05, 0) is 42.8 Å². The molecule has 6 nitrogen and oxygen atoms in total. The molecule has 0 amide bonds. The van der Waals surface area contributed by atoms with Gasteiger partial charge in [0, 0.05) is 42.9 Å². The molecule has 0 bridgehead atoms. The van der Waals surface area contributed by atoms with Crippen LogP contribution in [-0.2, 0) is 6.54 Å². The summed E-state index contributed by atoms with van der Waals surface area (Å²) in [5.74, 6) is 2.63. The molecule has 2 atom stereocenters. The molecular formula is C24H26NO5. The summed E-state index contributed by atoms with van der Waals surface area (Å²) in [7, 11) is 3.23. The van der Waals surface area contributed by atoms with Crippen LogP contribution in [0.5, 0.6) is 23.0 Å². The maximum absolute atomic E-state index is 11.3. The summed E-state index contributed by atoms with van der Waals surface area (Å²) in [6.45, 7) is 2.52. The zero-order valence-electron chi connectivity index (χ0n) is 17.4. The van der Waals surface area contributed by atoms with E-state index in [0.717, 1.165) is 22.6 Å². The summed E-state index contributed by atoms with van der Waals surface area (Å²) in [4.78, 5) is 0. The summed E-state index contributed by atoms with van der Waals surface area (Å²) in [6.07, 6.45) is 3.07. The molecule has 2 heterocycles. The van der Waals surface area contributed by atoms with Gasteiger partial charge in [0.05, 0.1) is 20.3 Å². The predicted octanol–water partition coefficient (Wildman–Crippen LogP) is 4.15. The minimum atomic E-state index is -0.772. The fourth-order valence-corrected chi connectivity index (χ4v) is 3.85. The number of fused-ring (bicyclic) bond motifs is 1. The van der Waals surface area contributed by atoms with E-state index in [-0.39, 0.29) is 5.92 Å². The molecule has 1 aromatic heterocycles. The Balaban J connectivity index is 1.59. The fraction of sp³-hybridized carbons (Fsp3) is 0.333. The molecule has 1 N–H and O–H groups in total. The Kier molecular flexibility index (Phi) is 5.86. The average Bonchev–Trinajstić information content (AvgIpc) is 3.42. The fourth-order valence-electron chi connectivity index (χ4n) is 3.85. The van der Waals surface area contributed by atoms with Gasteiger partial charge in [-0.2, -0.15) is 0 Å². The highest BCUT2D eigenvalue weighted by Crippen LogP contribution is 2.39. The van der Waals surface area contributed by atoms with E-state index < -0.39 is 12.4 Å². The molecular weight excluding hydrogens is 382 g/mol. The molecule has 30 heavy (non-hydrogen) atoms. The number of benzene rings is 2. The van der Waals surface area contributed by atoms with E-state index >= 15 is 0 Å². The summed E-state index contributed by atoms with van der Waals surface area (Å²) < 4.78 is 24.9. The lowest BCUT2D eigenvalue weighted by Gasteiger charge is -2.26. The van der Waals surface area contributed by atoms with Gasteiger partial charge in [-0.1, -0.05) is 12.1 Å². The number of para-hydroxylation sites is 2. The van der Waals surface area contributed by atoms with E-state index in [0.29, 0.717) is 24.5 Å². The molecule has 0 saturated carbocycles. The lowest BCUT2D eigenvalue weighted by Crippen LogP contribution is -2.28. The molecule has 0 unspecified atom stereocenters. The van der Waals surface area contributed by atoms with E-state index in [9.17, 15) is 5.11 Å². The van der Waals surface area contributed by atoms with Gasteiger partial charge in [-0.15, -0.1) is 0 Å². The van der Waals surface area contributed by atoms with Gasteiger partial charge in [0.15, 0.2) is 11.5 Å². The van der Waals surface area contributed by atoms with Gasteiger partial charge in [0.2, 0.25) is 6.29 Å². The lowest BCUT2D eigenvalue weighted by atomic mass is 9.91. The SMILES string of the molecule is COc1cc([C@@H](O)[C@H](CC2Oc3ccccc3O2)Cn2c[c]cc2)cc(OC)c1C. The molecule has 2 aromatic carbocycles. The van der Waals surface area contributed by atoms with Gasteiger partial charge in [0.25, 0.3) is 0 Å². The van der Waals surface area contributed by atoms with Gasteiger partial charge in [-0.3, -0.25) is 0 Å². The number of hydrogen-bond donors (Lipinski definition) is 1. The number of methoxy groups -OCH3 is 2. The second-order valence-corrected chi connectivity index (χ2v) is 7.41. The summed E-state index contributed by atoms with van der Waals surface area (Å²) >= 11 is 0. The van der Waals surface area contributed by atoms with Gasteiger partial charge in [0.1, 0.15) is 11.5 Å². The van der Waals surface area contributed by atoms with Crippen molar-refractivity contribution in [1.29, 1.82) is 0 Å². The molecule has 3 aromatic rings. The highest BCUT2D eigenvalue weighted by molar-refractivity contribution is 5.48. The van der Waals surface area contributed by atoms with Crippen molar-refractivity contribution in [3.63, 3.8) is 0 Å². The minimum absolute atomic E-state index is 0.178. The first-order valence-electron chi connectivity index (χ1n) is 9.93. The van der Waals surface area contributed by atoms with Crippen molar-refractivity contribution in [3.05, 3.63) is 72.1 Å². The Morgan fingerprint density at radius 1 is 1.10 bits per heavy atom. The Hall–Kier alpha value is -3.12. The van der Waals surface area contributed by atoms with Crippen molar-refractivity contribution in [2.75, 3.05) is 14.2 Å². The first-order valence-corrected chi connectivity index (χ1v) is 9.93. The lowest BCUT2D eigenvalue weighted by molar-refractivity contribution is -0.00697. The molecule has 1 aliphatic heterocycles. The van der Waals surface area contributed by atoms with E-state index in [1.165, 1.54) is 0 Å². The van der Waals surface area contributed by atoms with Crippen molar-refractivity contribution in [1.82, 2.24) is 4.57 Å². The van der Waals surface area contributed by atoms with Crippen LogP contribution >= 0.6 is 0 Å². The van der Waals surface area contributed by atoms with Gasteiger partial charge < -0.3 is 28.6 Å². The van der Waals surface area contributed by atoms with Gasteiger partial charge >= 0.3 is 0 Å². The first-order chi connectivity index (χ1) is 14.6. The van der Waals surface area contributed by atoms with Crippen LogP contribution in [0.4, 0.5) is 0 Å². The number of aromatic nitrogens is 1. The molecule has 157 valence electrons. The van der Waals surface area contributed by atoms with E-state index in [4.69, 9.17) is 18.9 Å². The highest BCUT2D eigenvalue weighted by atomic mass is 16.7. The molecule has 1 radical (unpaired) electrons. The second-order valence-electron chi connectivity index (χ2n) is 7.41. The van der Waals surface area contributed by atoms with Gasteiger partial charge in [-0.25, -0.2) is 0 Å². The van der Waals surface area contributed by atoms with E-state index in [2.05, 4.69) is 6.07 Å². The van der Waals surface area contributed by atoms with Crippen LogP contribution in [0.1, 0.15) is 23.7 Å². The van der Waals surface area contributed by atoms with Crippen molar-refractivity contribution in [2.24, 2.45) is 5.92 Å². The van der Waals surface area contributed by atoms with Crippen molar-refractivity contribution in [3.8, 4) is 23.0 Å². The second kappa shape index (κ2) is 8.71. The van der Waals surface area contributed by atoms with Crippen LogP contribution < -0.4 is 18.9 Å². The maximum Gasteiger partial charge on any atom is 0.242 e. The topological polar surface area (TPSA) is 62.1 Å². The van der Waals surface area contributed by atoms with Crippen LogP contribution in [0.15, 0.2) is 54.9 Å². The normalized spacial score (nSPS) is 15.1. The van der Waals surface area contributed by atoms with Crippen molar-refractivity contribution in [2.45, 2.75) is 32.3 Å². The average molecular weight is 408 g/mol. The standard InChI is InChI=1S/C24H26NO5/c1-16-21(27-2)12-17(13-22(16)28-3)24(26)18(15-25-10-6-7-11-25)14-23-29-19-8-4-5-9-20(19)30-23/h4-6,8-13,18,23-24,26H,14-15H2,1-3H3/t18-,24-/m1/s1. The minimum Gasteiger partial charge on any atom is -0.496 e. The largest absolute Gasteiger partial charge is 0.496 e. The Labute approximate surface area is 176 Å². The number of nitrogens with zero attached hydrogens (tertiary/aromatic N) is 1. The predicted molar refractivity (Wildman–Crippen MR) is 112 cm³/mol. The third kappa shape index (κ3) is 4.09. The smallest absolute Gasteiger partial charge is 0.242 e. The molecule has 0 spiro atoms. The third-order valence-corrected chi connectivity index (χ3v) is 5.47. The molecule has 0 aliphatic carbocycles. The van der Waals surface area contributed by atoms with Crippen molar-refractivity contribution >= 4 is 0 Å². The Morgan fingerprint density at radius 3 is 2.27 bits per heavy atom. The summed E-state index contributed by atoms with van der Waals surface area (Å²) in [5.41, 5.74) is 1.62. The zero-order valence-corrected chi connectivity index (χ0v) is 17.4. The zero-order chi connectivity index (χ0) is 21.1. The quantitative estimate of drug-likeness (QED) is 0.607. The number of aliphatic hydroxyl groups excluding tert-OH is 1. The molecule has 1 aliphatic rings. The van der Waals surface area contributed by atoms with Crippen LogP contribution in [-0.4, -0.2) is 30.2 Å². The molecule has 6 heteroatoms. The van der Waals surface area contributed by atoms with E-state index in [1.54, 1.807) is 14.2 Å². The van der Waals surface area contributed by atoms with Crippen LogP contribution in [0.25, 0.3) is 0 Å². The Bertz CT molecular complexity index is 935. The third-order valence-electron chi connectivity index (χ3n) is 5.47. The number of ether oxygens (including phenoxy) is 4. The summed E-state index contributed by atoms with van der Waals surface area (Å²) in [5, 5.41) is 11.3. The van der Waals surface area contributed by atoms with E-state index in [1.807, 2.05) is 66.3 Å². The molecule has 0 fully saturated rings. The Morgan fingerprint density at radius 2 is 1.73 bits per heavy atom. The maximum atomic E-state index is 11.3. The van der Waals surface area contributed by atoms with Crippen molar-refractivity contribution < 1.29 is 24.1 Å². The first kappa shape index (κ1) is 20.2. The van der Waals surface area contributed by atoms with Crippen LogP contribution in [0.2, 0.25) is 0 Å². The monoisotopic (exact) mass is 408 g/mol. The molecule has 4 rings (SSSR count). The number of hydrogen-bond acceptors (Lipinski definition) is 5. The van der Waals surface area contributed by atoms with Crippen LogP contribution in [0, 0.1) is 18.9 Å². The van der Waals surface area contributed by atoms with Crippen LogP contribution in [0.3, 0.4) is 0 Å². The molecule has 0 saturated heterocycles.